The summed E-state index contributed by atoms with van der Waals surface area (Å²) in [6.07, 6.45) is 6.34. The van der Waals surface area contributed by atoms with Crippen LogP contribution in [0.3, 0.4) is 0 Å². The molecule has 0 bridgehead atoms. The molecule has 1 aromatic heterocycles. The number of unbranched alkanes of at least 4 members (excludes halogenated alkanes) is 2. The van der Waals surface area contributed by atoms with Crippen LogP contribution in [0.4, 0.5) is 0 Å². The van der Waals surface area contributed by atoms with Gasteiger partial charge in [-0.15, -0.1) is 0 Å². The zero-order chi connectivity index (χ0) is 13.4. The maximum absolute atomic E-state index is 4.53. The highest BCUT2D eigenvalue weighted by atomic mass is 15.3. The van der Waals surface area contributed by atoms with E-state index in [4.69, 9.17) is 0 Å². The zero-order valence-corrected chi connectivity index (χ0v) is 12.5. The quantitative estimate of drug-likeness (QED) is 0.682. The first-order chi connectivity index (χ1) is 8.71. The number of hydrogen-bond donors (Lipinski definition) is 1. The molecule has 0 aromatic carbocycles. The van der Waals surface area contributed by atoms with E-state index in [0.29, 0.717) is 6.04 Å². The number of hydrogen-bond acceptors (Lipinski definition) is 2. The summed E-state index contributed by atoms with van der Waals surface area (Å²) < 4.78 is 2.14. The summed E-state index contributed by atoms with van der Waals surface area (Å²) in [6, 6.07) is 2.83. The molecular formula is C15H29N3. The Morgan fingerprint density at radius 1 is 1.28 bits per heavy atom. The molecule has 3 heteroatoms. The third-order valence-corrected chi connectivity index (χ3v) is 3.39. The van der Waals surface area contributed by atoms with Crippen LogP contribution in [-0.4, -0.2) is 22.4 Å². The lowest BCUT2D eigenvalue weighted by molar-refractivity contribution is 0.452. The first-order valence-corrected chi connectivity index (χ1v) is 7.47. The first-order valence-electron chi connectivity index (χ1n) is 7.47. The van der Waals surface area contributed by atoms with Crippen molar-refractivity contribution in [3.05, 3.63) is 17.5 Å². The van der Waals surface area contributed by atoms with Gasteiger partial charge in [0, 0.05) is 24.7 Å². The lowest BCUT2D eigenvalue weighted by atomic mass is 10.0. The highest BCUT2D eigenvalue weighted by Gasteiger charge is 2.12. The van der Waals surface area contributed by atoms with Crippen LogP contribution in [0.5, 0.6) is 0 Å². The molecule has 0 aliphatic heterocycles. The molecule has 1 N–H and O–H groups in total. The number of rotatable bonds is 9. The second-order valence-electron chi connectivity index (χ2n) is 5.05. The molecule has 1 unspecified atom stereocenters. The Hall–Kier alpha value is -0.830. The summed E-state index contributed by atoms with van der Waals surface area (Å²) >= 11 is 0. The summed E-state index contributed by atoms with van der Waals surface area (Å²) in [5.74, 6) is 0. The van der Waals surface area contributed by atoms with Crippen LogP contribution in [0.25, 0.3) is 0 Å². The van der Waals surface area contributed by atoms with E-state index in [1.54, 1.807) is 0 Å². The van der Waals surface area contributed by atoms with Gasteiger partial charge in [0.15, 0.2) is 0 Å². The summed E-state index contributed by atoms with van der Waals surface area (Å²) in [6.45, 7) is 10.7. The second-order valence-corrected chi connectivity index (χ2v) is 5.05. The van der Waals surface area contributed by atoms with Crippen LogP contribution in [0.2, 0.25) is 0 Å². The van der Waals surface area contributed by atoms with E-state index in [9.17, 15) is 0 Å². The SMILES string of the molecule is CCCCCC(Cc1cc(C)nn1CC)NCC. The monoisotopic (exact) mass is 251 g/mol. The molecule has 0 spiro atoms. The zero-order valence-electron chi connectivity index (χ0n) is 12.5. The van der Waals surface area contributed by atoms with E-state index in [1.165, 1.54) is 31.4 Å². The minimum Gasteiger partial charge on any atom is -0.314 e. The highest BCUT2D eigenvalue weighted by Crippen LogP contribution is 2.11. The second kappa shape index (κ2) is 8.30. The molecule has 0 saturated carbocycles. The van der Waals surface area contributed by atoms with E-state index >= 15 is 0 Å². The molecule has 0 fully saturated rings. The number of aromatic nitrogens is 2. The number of nitrogens with one attached hydrogen (secondary N) is 1. The molecule has 104 valence electrons. The molecule has 0 radical (unpaired) electrons. The van der Waals surface area contributed by atoms with Gasteiger partial charge in [-0.25, -0.2) is 0 Å². The number of aryl methyl sites for hydroxylation is 2. The highest BCUT2D eigenvalue weighted by molar-refractivity contribution is 5.10. The molecule has 1 atom stereocenters. The van der Waals surface area contributed by atoms with Crippen molar-refractivity contribution >= 4 is 0 Å². The fourth-order valence-corrected chi connectivity index (χ4v) is 2.50. The third kappa shape index (κ3) is 4.81. The predicted molar refractivity (Wildman–Crippen MR) is 77.9 cm³/mol. The van der Waals surface area contributed by atoms with Crippen molar-refractivity contribution in [2.24, 2.45) is 0 Å². The fraction of sp³-hybridized carbons (Fsp3) is 0.800. The fourth-order valence-electron chi connectivity index (χ4n) is 2.50. The van der Waals surface area contributed by atoms with Gasteiger partial charge in [0.05, 0.1) is 5.69 Å². The van der Waals surface area contributed by atoms with Crippen molar-refractivity contribution in [3.63, 3.8) is 0 Å². The number of likely N-dealkylation sites (N-methyl/N-ethyl adjacent to an activating group) is 1. The van der Waals surface area contributed by atoms with E-state index < -0.39 is 0 Å². The molecule has 1 heterocycles. The minimum atomic E-state index is 0.600. The third-order valence-electron chi connectivity index (χ3n) is 3.39. The van der Waals surface area contributed by atoms with Crippen LogP contribution in [-0.2, 0) is 13.0 Å². The molecule has 1 rings (SSSR count). The largest absolute Gasteiger partial charge is 0.314 e. The van der Waals surface area contributed by atoms with Crippen LogP contribution in [0.15, 0.2) is 6.07 Å². The maximum Gasteiger partial charge on any atom is 0.0596 e. The minimum absolute atomic E-state index is 0.600. The van der Waals surface area contributed by atoms with E-state index in [2.05, 4.69) is 48.9 Å². The Balaban J connectivity index is 2.57. The van der Waals surface area contributed by atoms with Gasteiger partial charge < -0.3 is 5.32 Å². The van der Waals surface area contributed by atoms with Gasteiger partial charge in [0.1, 0.15) is 0 Å². The van der Waals surface area contributed by atoms with Crippen LogP contribution >= 0.6 is 0 Å². The van der Waals surface area contributed by atoms with Gasteiger partial charge in [-0.05, 0) is 32.9 Å². The van der Waals surface area contributed by atoms with E-state index in [1.807, 2.05) is 0 Å². The van der Waals surface area contributed by atoms with Crippen molar-refractivity contribution in [3.8, 4) is 0 Å². The standard InChI is InChI=1S/C15H29N3/c1-5-8-9-10-14(16-6-2)12-15-11-13(4)17-18(15)7-3/h11,14,16H,5-10,12H2,1-4H3. The lowest BCUT2D eigenvalue weighted by Crippen LogP contribution is -2.31. The normalized spacial score (nSPS) is 12.9. The predicted octanol–water partition coefficient (Wildman–Crippen LogP) is 3.31. The van der Waals surface area contributed by atoms with Gasteiger partial charge in [0.2, 0.25) is 0 Å². The van der Waals surface area contributed by atoms with Crippen molar-refractivity contribution < 1.29 is 0 Å². The van der Waals surface area contributed by atoms with E-state index in [0.717, 1.165) is 25.2 Å². The van der Waals surface area contributed by atoms with Gasteiger partial charge in [0.25, 0.3) is 0 Å². The molecule has 0 aliphatic rings. The van der Waals surface area contributed by atoms with E-state index in [-0.39, 0.29) is 0 Å². The molecule has 0 aliphatic carbocycles. The molecule has 18 heavy (non-hydrogen) atoms. The Morgan fingerprint density at radius 3 is 2.67 bits per heavy atom. The van der Waals surface area contributed by atoms with Gasteiger partial charge in [-0.1, -0.05) is 33.1 Å². The summed E-state index contributed by atoms with van der Waals surface area (Å²) in [7, 11) is 0. The maximum atomic E-state index is 4.53. The summed E-state index contributed by atoms with van der Waals surface area (Å²) in [5, 5.41) is 8.14. The Bertz CT molecular complexity index is 330. The topological polar surface area (TPSA) is 29.9 Å². The Morgan fingerprint density at radius 2 is 2.06 bits per heavy atom. The van der Waals surface area contributed by atoms with Gasteiger partial charge >= 0.3 is 0 Å². The van der Waals surface area contributed by atoms with Crippen molar-refractivity contribution in [2.75, 3.05) is 6.54 Å². The molecule has 0 amide bonds. The molecular weight excluding hydrogens is 222 g/mol. The van der Waals surface area contributed by atoms with Crippen LogP contribution in [0, 0.1) is 6.92 Å². The first kappa shape index (κ1) is 15.2. The molecule has 3 nitrogen and oxygen atoms in total. The van der Waals surface area contributed by atoms with Crippen molar-refractivity contribution in [1.82, 2.24) is 15.1 Å². The molecule has 0 saturated heterocycles. The van der Waals surface area contributed by atoms with Gasteiger partial charge in [-0.2, -0.15) is 5.10 Å². The Labute approximate surface area is 112 Å². The summed E-state index contributed by atoms with van der Waals surface area (Å²) in [5.41, 5.74) is 2.51. The smallest absolute Gasteiger partial charge is 0.0596 e. The Kier molecular flexibility index (Phi) is 7.02. The number of nitrogens with zero attached hydrogens (tertiary/aromatic N) is 2. The van der Waals surface area contributed by atoms with Crippen molar-refractivity contribution in [2.45, 2.75) is 72.4 Å². The average molecular weight is 251 g/mol. The lowest BCUT2D eigenvalue weighted by Gasteiger charge is -2.18. The van der Waals surface area contributed by atoms with Crippen LogP contribution < -0.4 is 5.32 Å². The summed E-state index contributed by atoms with van der Waals surface area (Å²) in [4.78, 5) is 0. The molecule has 1 aromatic rings. The van der Waals surface area contributed by atoms with Gasteiger partial charge in [-0.3, -0.25) is 4.68 Å². The average Bonchev–Trinajstić information content (AvgIpc) is 2.70. The van der Waals surface area contributed by atoms with Crippen molar-refractivity contribution in [1.29, 1.82) is 0 Å². The van der Waals surface area contributed by atoms with Crippen LogP contribution in [0.1, 0.15) is 57.8 Å².